The number of alkyl halides is 5. The lowest BCUT2D eigenvalue weighted by atomic mass is 10.4. The number of hydrogen-bond donors (Lipinski definition) is 0. The molecule has 20 heavy (non-hydrogen) atoms. The molecule has 0 unspecified atom stereocenters. The highest BCUT2D eigenvalue weighted by molar-refractivity contribution is 7.98. The molecule has 0 spiro atoms. The third kappa shape index (κ3) is 3.44. The maximum atomic E-state index is 12.5. The Labute approximate surface area is 114 Å². The molecule has 2 aromatic rings. The maximum Gasteiger partial charge on any atom is 0.433 e. The summed E-state index contributed by atoms with van der Waals surface area (Å²) in [4.78, 5) is 10.7. The first kappa shape index (κ1) is 14.7. The van der Waals surface area contributed by atoms with E-state index in [2.05, 4.69) is 15.0 Å². The van der Waals surface area contributed by atoms with E-state index >= 15 is 0 Å². The highest BCUT2D eigenvalue weighted by atomic mass is 32.2. The van der Waals surface area contributed by atoms with Gasteiger partial charge in [-0.2, -0.15) is 22.0 Å². The van der Waals surface area contributed by atoms with Crippen LogP contribution in [0.2, 0.25) is 0 Å². The Morgan fingerprint density at radius 1 is 1.20 bits per heavy atom. The zero-order chi connectivity index (χ0) is 14.8. The van der Waals surface area contributed by atoms with E-state index in [-0.39, 0.29) is 16.7 Å². The Morgan fingerprint density at radius 3 is 2.60 bits per heavy atom. The molecule has 0 aliphatic rings. The first-order chi connectivity index (χ1) is 9.38. The summed E-state index contributed by atoms with van der Waals surface area (Å²) in [5.41, 5.74) is -1.08. The zero-order valence-electron chi connectivity index (χ0n) is 9.68. The maximum absolute atomic E-state index is 12.5. The van der Waals surface area contributed by atoms with Gasteiger partial charge in [0, 0.05) is 18.6 Å². The van der Waals surface area contributed by atoms with Crippen LogP contribution in [0.5, 0.6) is 0 Å². The van der Waals surface area contributed by atoms with Gasteiger partial charge >= 0.3 is 12.7 Å². The molecule has 2 heterocycles. The van der Waals surface area contributed by atoms with E-state index in [4.69, 9.17) is 0 Å². The van der Waals surface area contributed by atoms with E-state index < -0.39 is 18.4 Å². The van der Waals surface area contributed by atoms with Gasteiger partial charge in [-0.15, -0.1) is 0 Å². The summed E-state index contributed by atoms with van der Waals surface area (Å²) >= 11 is 0.801. The summed E-state index contributed by atoms with van der Waals surface area (Å²) in [5.74, 6) is -0.0236. The molecule has 0 aliphatic heterocycles. The van der Waals surface area contributed by atoms with Crippen molar-refractivity contribution in [1.82, 2.24) is 19.5 Å². The van der Waals surface area contributed by atoms with Gasteiger partial charge in [0.05, 0.1) is 5.75 Å². The molecule has 2 rings (SSSR count). The predicted molar refractivity (Wildman–Crippen MR) is 60.1 cm³/mol. The third-order valence-electron chi connectivity index (χ3n) is 2.21. The minimum atomic E-state index is -4.57. The highest BCUT2D eigenvalue weighted by Crippen LogP contribution is 2.29. The van der Waals surface area contributed by atoms with Crippen LogP contribution >= 0.6 is 11.8 Å². The smallest absolute Gasteiger partial charge is 0.277 e. The fourth-order valence-corrected chi connectivity index (χ4v) is 2.11. The van der Waals surface area contributed by atoms with Gasteiger partial charge < -0.3 is 0 Å². The van der Waals surface area contributed by atoms with Crippen molar-refractivity contribution in [3.8, 4) is 0 Å². The van der Waals surface area contributed by atoms with Crippen molar-refractivity contribution in [2.75, 3.05) is 0 Å². The summed E-state index contributed by atoms with van der Waals surface area (Å²) in [6, 6.07) is 0.740. The van der Waals surface area contributed by atoms with Gasteiger partial charge in [0.2, 0.25) is 0 Å². The first-order valence-corrected chi connectivity index (χ1v) is 6.19. The van der Waals surface area contributed by atoms with E-state index in [1.807, 2.05) is 0 Å². The molecule has 0 aliphatic carbocycles. The molecule has 0 saturated heterocycles. The number of imidazole rings is 1. The van der Waals surface area contributed by atoms with E-state index in [1.54, 1.807) is 0 Å². The second-order valence-corrected chi connectivity index (χ2v) is 4.48. The van der Waals surface area contributed by atoms with E-state index in [1.165, 1.54) is 6.20 Å². The van der Waals surface area contributed by atoms with Crippen molar-refractivity contribution in [3.05, 3.63) is 36.2 Å². The van der Waals surface area contributed by atoms with Gasteiger partial charge in [0.15, 0.2) is 5.16 Å². The molecule has 0 radical (unpaired) electrons. The van der Waals surface area contributed by atoms with Crippen LogP contribution in [-0.2, 0) is 11.9 Å². The average Bonchev–Trinajstić information content (AvgIpc) is 2.84. The summed E-state index contributed by atoms with van der Waals surface area (Å²) in [6.45, 7) is -2.75. The number of rotatable bonds is 4. The summed E-state index contributed by atoms with van der Waals surface area (Å²) in [5, 5.41) is -0.149. The van der Waals surface area contributed by atoms with Gasteiger partial charge in [-0.1, -0.05) is 11.8 Å². The van der Waals surface area contributed by atoms with Gasteiger partial charge in [-0.3, -0.25) is 4.57 Å². The van der Waals surface area contributed by atoms with Gasteiger partial charge in [-0.25, -0.2) is 15.0 Å². The van der Waals surface area contributed by atoms with E-state index in [0.29, 0.717) is 4.57 Å². The molecular formula is C10H7F5N4S. The number of halogens is 5. The van der Waals surface area contributed by atoms with Crippen molar-refractivity contribution < 1.29 is 22.0 Å². The molecule has 108 valence electrons. The highest BCUT2D eigenvalue weighted by Gasteiger charge is 2.32. The summed E-state index contributed by atoms with van der Waals surface area (Å²) in [7, 11) is 0. The Morgan fingerprint density at radius 2 is 1.95 bits per heavy atom. The monoisotopic (exact) mass is 310 g/mol. The van der Waals surface area contributed by atoms with E-state index in [0.717, 1.165) is 30.2 Å². The largest absolute Gasteiger partial charge is 0.433 e. The Balaban J connectivity index is 2.09. The standard InChI is InChI=1S/C10H7F5N4S/c11-8(12)19-4-3-16-7(19)5-20-9-17-2-1-6(18-9)10(13,14)15/h1-4,8H,5H2. The van der Waals surface area contributed by atoms with Crippen LogP contribution in [0, 0.1) is 0 Å². The van der Waals surface area contributed by atoms with Crippen LogP contribution in [0.3, 0.4) is 0 Å². The molecule has 0 saturated carbocycles. The van der Waals surface area contributed by atoms with Gasteiger partial charge in [-0.05, 0) is 6.07 Å². The van der Waals surface area contributed by atoms with Gasteiger partial charge in [0.1, 0.15) is 11.5 Å². The minimum absolute atomic E-state index is 0.0333. The fourth-order valence-electron chi connectivity index (χ4n) is 1.33. The summed E-state index contributed by atoms with van der Waals surface area (Å²) in [6.07, 6.45) is -1.32. The molecule has 4 nitrogen and oxygen atoms in total. The predicted octanol–water partition coefficient (Wildman–Crippen LogP) is 3.38. The first-order valence-electron chi connectivity index (χ1n) is 5.21. The van der Waals surface area contributed by atoms with Crippen molar-refractivity contribution in [2.45, 2.75) is 23.6 Å². The number of nitrogens with zero attached hydrogens (tertiary/aromatic N) is 4. The molecule has 0 aromatic carbocycles. The quantitative estimate of drug-likeness (QED) is 0.493. The Bertz CT molecular complexity index is 583. The van der Waals surface area contributed by atoms with Gasteiger partial charge in [0.25, 0.3) is 0 Å². The zero-order valence-corrected chi connectivity index (χ0v) is 10.5. The second-order valence-electron chi connectivity index (χ2n) is 3.54. The topological polar surface area (TPSA) is 43.6 Å². The number of aromatic nitrogens is 4. The minimum Gasteiger partial charge on any atom is -0.277 e. The molecule has 0 N–H and O–H groups in total. The van der Waals surface area contributed by atoms with E-state index in [9.17, 15) is 22.0 Å². The third-order valence-corrected chi connectivity index (χ3v) is 3.07. The molecule has 0 bridgehead atoms. The molecule has 10 heteroatoms. The fraction of sp³-hybridized carbons (Fsp3) is 0.300. The summed E-state index contributed by atoms with van der Waals surface area (Å²) < 4.78 is 63.0. The van der Waals surface area contributed by atoms with Crippen LogP contribution in [-0.4, -0.2) is 19.5 Å². The van der Waals surface area contributed by atoms with Crippen LogP contribution in [0.15, 0.2) is 29.8 Å². The number of thioether (sulfide) groups is 1. The van der Waals surface area contributed by atoms with Crippen molar-refractivity contribution in [1.29, 1.82) is 0 Å². The molecule has 0 atom stereocenters. The lowest BCUT2D eigenvalue weighted by Gasteiger charge is -2.07. The van der Waals surface area contributed by atoms with Crippen LogP contribution in [0.1, 0.15) is 18.1 Å². The van der Waals surface area contributed by atoms with Crippen molar-refractivity contribution in [2.24, 2.45) is 0 Å². The Kier molecular flexibility index (Phi) is 4.21. The van der Waals surface area contributed by atoms with Crippen LogP contribution in [0.4, 0.5) is 22.0 Å². The SMILES string of the molecule is FC(F)n1ccnc1CSc1nccc(C(F)(F)F)n1. The number of hydrogen-bond acceptors (Lipinski definition) is 4. The molecule has 2 aromatic heterocycles. The average molecular weight is 310 g/mol. The molecule has 0 fully saturated rings. The van der Waals surface area contributed by atoms with Crippen LogP contribution in [0.25, 0.3) is 0 Å². The lowest BCUT2D eigenvalue weighted by Crippen LogP contribution is -2.09. The Hall–Kier alpha value is -1.71. The molecule has 0 amide bonds. The van der Waals surface area contributed by atoms with Crippen LogP contribution < -0.4 is 0 Å². The lowest BCUT2D eigenvalue weighted by molar-refractivity contribution is -0.141. The molecular weight excluding hydrogens is 303 g/mol. The second kappa shape index (κ2) is 5.73. The van der Waals surface area contributed by atoms with Crippen molar-refractivity contribution in [3.63, 3.8) is 0 Å². The van der Waals surface area contributed by atoms with Crippen molar-refractivity contribution >= 4 is 11.8 Å². The normalized spacial score (nSPS) is 12.1.